The number of carbonyl (C=O) groups is 4. The van der Waals surface area contributed by atoms with Gasteiger partial charge in [-0.3, -0.25) is 28.6 Å². The Labute approximate surface area is 329 Å². The zero-order chi connectivity index (χ0) is 39.9. The highest BCUT2D eigenvalue weighted by atomic mass is 16.7. The first-order valence-corrected chi connectivity index (χ1v) is 19.4. The number of rotatable bonds is 17. The number of hydroxylamine groups is 1. The molecule has 0 radical (unpaired) electrons. The van der Waals surface area contributed by atoms with Crippen LogP contribution in [0.1, 0.15) is 106 Å². The van der Waals surface area contributed by atoms with E-state index in [1.54, 1.807) is 84.9 Å². The van der Waals surface area contributed by atoms with Crippen molar-refractivity contribution in [1.29, 1.82) is 0 Å². The van der Waals surface area contributed by atoms with E-state index in [4.69, 9.17) is 9.57 Å². The van der Waals surface area contributed by atoms with Gasteiger partial charge >= 0.3 is 0 Å². The maximum atomic E-state index is 14.1. The van der Waals surface area contributed by atoms with Crippen LogP contribution in [0.25, 0.3) is 11.2 Å². The van der Waals surface area contributed by atoms with Crippen LogP contribution in [0.15, 0.2) is 97.6 Å². The predicted molar refractivity (Wildman–Crippen MR) is 207 cm³/mol. The molecule has 4 heterocycles. The van der Waals surface area contributed by atoms with Gasteiger partial charge in [0.1, 0.15) is 18.5 Å². The molecular weight excluding hydrogens is 731 g/mol. The van der Waals surface area contributed by atoms with Gasteiger partial charge < -0.3 is 14.9 Å². The lowest BCUT2D eigenvalue weighted by atomic mass is 10.1. The number of imidazole rings is 1. The molecule has 15 nitrogen and oxygen atoms in total. The van der Waals surface area contributed by atoms with E-state index in [2.05, 4.69) is 21.9 Å². The Morgan fingerprint density at radius 3 is 1.91 bits per heavy atom. The van der Waals surface area contributed by atoms with Crippen LogP contribution in [-0.2, 0) is 9.57 Å². The number of fused-ring (bicyclic) bond motifs is 2. The van der Waals surface area contributed by atoms with Crippen molar-refractivity contribution in [2.75, 3.05) is 18.1 Å². The van der Waals surface area contributed by atoms with E-state index in [1.807, 2.05) is 0 Å². The predicted octanol–water partition coefficient (Wildman–Crippen LogP) is 5.52. The lowest BCUT2D eigenvalue weighted by Gasteiger charge is -2.33. The zero-order valence-corrected chi connectivity index (χ0v) is 31.6. The molecular formula is C42H45N7O8. The minimum Gasteiger partial charge on any atom is -0.394 e. The van der Waals surface area contributed by atoms with Crippen molar-refractivity contribution in [3.05, 3.63) is 120 Å². The molecule has 2 aromatic heterocycles. The summed E-state index contributed by atoms with van der Waals surface area (Å²) in [4.78, 5) is 76.3. The number of imide groups is 2. The molecule has 0 aliphatic carbocycles. The van der Waals surface area contributed by atoms with Gasteiger partial charge in [0.05, 0.1) is 24.1 Å². The Hall–Kier alpha value is -5.71. The Bertz CT molecular complexity index is 2110. The summed E-state index contributed by atoms with van der Waals surface area (Å²) in [6.07, 6.45) is 5.49. The van der Waals surface area contributed by atoms with Crippen LogP contribution >= 0.6 is 0 Å². The van der Waals surface area contributed by atoms with Crippen molar-refractivity contribution in [1.82, 2.24) is 29.7 Å². The number of aromatic nitrogens is 4. The summed E-state index contributed by atoms with van der Waals surface area (Å²) in [5.74, 6) is -2.54. The molecule has 7 rings (SSSR count). The maximum Gasteiger partial charge on any atom is 0.278 e. The van der Waals surface area contributed by atoms with Crippen molar-refractivity contribution in [3.63, 3.8) is 0 Å². The fourth-order valence-corrected chi connectivity index (χ4v) is 7.20. The third kappa shape index (κ3) is 8.10. The Morgan fingerprint density at radius 2 is 1.33 bits per heavy atom. The van der Waals surface area contributed by atoms with Gasteiger partial charge in [0.2, 0.25) is 0 Å². The van der Waals surface area contributed by atoms with Crippen molar-refractivity contribution in [3.8, 4) is 0 Å². The number of anilines is 1. The van der Waals surface area contributed by atoms with Crippen molar-refractivity contribution in [2.24, 2.45) is 0 Å². The normalized spacial score (nSPS) is 19.1. The molecule has 57 heavy (non-hydrogen) atoms. The van der Waals surface area contributed by atoms with Gasteiger partial charge in [-0.05, 0) is 42.8 Å². The van der Waals surface area contributed by atoms with E-state index < -0.39 is 54.8 Å². The SMILES string of the molecule is CCCCCCCCCCN(OC1C(O)[C@@H](CO)O[C@H]1n1cnc2c(N(C(=O)c3ccccc3)C(=O)c3ccccc3)ncnc21)N1C(=O)c2ccccc2C1=O. The molecule has 0 saturated carbocycles. The summed E-state index contributed by atoms with van der Waals surface area (Å²) in [5.41, 5.74) is 1.10. The summed E-state index contributed by atoms with van der Waals surface area (Å²) in [7, 11) is 0. The summed E-state index contributed by atoms with van der Waals surface area (Å²) in [6, 6.07) is 23.1. The van der Waals surface area contributed by atoms with Crippen LogP contribution in [0, 0.1) is 0 Å². The molecule has 2 aliphatic rings. The number of hydrazine groups is 1. The van der Waals surface area contributed by atoms with Crippen LogP contribution in [0.2, 0.25) is 0 Å². The first-order chi connectivity index (χ1) is 27.8. The molecule has 2 N–H and O–H groups in total. The zero-order valence-electron chi connectivity index (χ0n) is 31.6. The monoisotopic (exact) mass is 775 g/mol. The topological polar surface area (TPSA) is 181 Å². The molecule has 0 bridgehead atoms. The van der Waals surface area contributed by atoms with Gasteiger partial charge in [-0.15, -0.1) is 0 Å². The summed E-state index contributed by atoms with van der Waals surface area (Å²) >= 11 is 0. The average Bonchev–Trinajstić information content (AvgIpc) is 3.90. The van der Waals surface area contributed by atoms with E-state index in [0.717, 1.165) is 42.0 Å². The number of ether oxygens (including phenoxy) is 1. The van der Waals surface area contributed by atoms with Crippen molar-refractivity contribution < 1.29 is 39.0 Å². The van der Waals surface area contributed by atoms with E-state index >= 15 is 0 Å². The number of nitrogens with zero attached hydrogens (tertiary/aromatic N) is 7. The molecule has 2 unspecified atom stereocenters. The number of unbranched alkanes of at least 4 members (excludes halogenated alkanes) is 7. The third-order valence-corrected chi connectivity index (χ3v) is 10.2. The van der Waals surface area contributed by atoms with Gasteiger partial charge in [0, 0.05) is 17.7 Å². The molecule has 2 aliphatic heterocycles. The minimum atomic E-state index is -1.44. The van der Waals surface area contributed by atoms with Crippen molar-refractivity contribution >= 4 is 40.6 Å². The largest absolute Gasteiger partial charge is 0.394 e. The smallest absolute Gasteiger partial charge is 0.278 e. The Morgan fingerprint density at radius 1 is 0.772 bits per heavy atom. The third-order valence-electron chi connectivity index (χ3n) is 10.2. The average molecular weight is 776 g/mol. The van der Waals surface area contributed by atoms with E-state index in [1.165, 1.54) is 35.2 Å². The van der Waals surface area contributed by atoms with Gasteiger partial charge in [0.25, 0.3) is 23.6 Å². The fourth-order valence-electron chi connectivity index (χ4n) is 7.20. The summed E-state index contributed by atoms with van der Waals surface area (Å²) in [5, 5.41) is 23.9. The second-order valence-corrected chi connectivity index (χ2v) is 14.0. The molecule has 15 heteroatoms. The number of aliphatic hydroxyl groups is 2. The van der Waals surface area contributed by atoms with Gasteiger partial charge in [-0.1, -0.05) is 106 Å². The Balaban J connectivity index is 1.22. The summed E-state index contributed by atoms with van der Waals surface area (Å²) in [6.45, 7) is 1.72. The molecule has 4 amide bonds. The quantitative estimate of drug-likeness (QED) is 0.0687. The first-order valence-electron chi connectivity index (χ1n) is 19.4. The highest BCUT2D eigenvalue weighted by molar-refractivity contribution is 6.27. The number of hydrogen-bond acceptors (Lipinski definition) is 12. The van der Waals surface area contributed by atoms with Crippen molar-refractivity contribution in [2.45, 2.75) is 82.8 Å². The molecule has 5 aromatic rings. The minimum absolute atomic E-state index is 0.0616. The van der Waals surface area contributed by atoms with Crippen LogP contribution in [0.3, 0.4) is 0 Å². The second-order valence-electron chi connectivity index (χ2n) is 14.0. The van der Waals surface area contributed by atoms with Crippen LogP contribution in [-0.4, -0.2) is 95.0 Å². The van der Waals surface area contributed by atoms with E-state index in [-0.39, 0.29) is 45.8 Å². The first kappa shape index (κ1) is 39.5. The van der Waals surface area contributed by atoms with E-state index in [0.29, 0.717) is 6.42 Å². The molecule has 296 valence electrons. The number of carbonyl (C=O) groups excluding carboxylic acids is 4. The van der Waals surface area contributed by atoms with Crippen LogP contribution in [0.4, 0.5) is 5.82 Å². The molecule has 4 atom stereocenters. The van der Waals surface area contributed by atoms with Gasteiger partial charge in [-0.25, -0.2) is 19.9 Å². The Kier molecular flexibility index (Phi) is 12.5. The number of amides is 4. The number of aliphatic hydroxyl groups excluding tert-OH is 2. The lowest BCUT2D eigenvalue weighted by Crippen LogP contribution is -2.51. The van der Waals surface area contributed by atoms with Gasteiger partial charge in [0.15, 0.2) is 29.3 Å². The second kappa shape index (κ2) is 18.0. The van der Waals surface area contributed by atoms with E-state index in [9.17, 15) is 29.4 Å². The maximum absolute atomic E-state index is 14.1. The standard InChI is InChI=1S/C42H45N7O8/c1-2-3-4-5-6-7-8-17-24-47(49-40(54)30-22-15-16-23-31(30)41(49)55)57-35-34(51)32(25-50)56-42(35)46-27-45-33-36(46)43-26-44-37(33)48(38(52)28-18-11-9-12-19-28)39(53)29-20-13-10-14-21-29/h9-16,18-23,26-27,32,34-35,42,50-51H,2-8,17,24-25H2,1H3/t32-,34?,35?,42-/m1/s1. The van der Waals surface area contributed by atoms with Gasteiger partial charge in [-0.2, -0.15) is 5.01 Å². The molecule has 1 fully saturated rings. The van der Waals surface area contributed by atoms with Crippen LogP contribution in [0.5, 0.6) is 0 Å². The summed E-state index contributed by atoms with van der Waals surface area (Å²) < 4.78 is 7.61. The molecule has 3 aromatic carbocycles. The fraction of sp³-hybridized carbons (Fsp3) is 0.357. The lowest BCUT2D eigenvalue weighted by molar-refractivity contribution is -0.295. The van der Waals surface area contributed by atoms with Crippen LogP contribution < -0.4 is 4.90 Å². The highest BCUT2D eigenvalue weighted by Gasteiger charge is 2.50. The number of benzene rings is 3. The highest BCUT2D eigenvalue weighted by Crippen LogP contribution is 2.37. The molecule has 0 spiro atoms. The number of hydrogen-bond donors (Lipinski definition) is 2. The molecule has 1 saturated heterocycles.